The Hall–Kier alpha value is -2.50. The number of nitrogens with zero attached hydrogens (tertiary/aromatic N) is 2. The second-order valence-corrected chi connectivity index (χ2v) is 5.55. The molecule has 2 heterocycles. The molecule has 2 aliphatic heterocycles. The summed E-state index contributed by atoms with van der Waals surface area (Å²) in [5, 5.41) is 0. The van der Waals surface area contributed by atoms with Crippen LogP contribution in [0.15, 0.2) is 24.3 Å². The van der Waals surface area contributed by atoms with Crippen molar-refractivity contribution in [3.05, 3.63) is 35.4 Å². The summed E-state index contributed by atoms with van der Waals surface area (Å²) < 4.78 is 0. The molecule has 1 aromatic carbocycles. The fourth-order valence-electron chi connectivity index (χ4n) is 2.98. The monoisotopic (exact) mass is 300 g/mol. The van der Waals surface area contributed by atoms with E-state index in [9.17, 15) is 19.2 Å². The van der Waals surface area contributed by atoms with Crippen molar-refractivity contribution in [2.75, 3.05) is 13.1 Å². The molecule has 6 nitrogen and oxygen atoms in total. The normalized spacial score (nSPS) is 21.0. The first kappa shape index (κ1) is 14.4. The van der Waals surface area contributed by atoms with Gasteiger partial charge in [-0.15, -0.1) is 0 Å². The molecule has 0 saturated carbocycles. The van der Waals surface area contributed by atoms with E-state index in [0.29, 0.717) is 24.1 Å². The molecule has 114 valence electrons. The number of amides is 4. The highest BCUT2D eigenvalue weighted by Gasteiger charge is 2.43. The predicted octanol–water partition coefficient (Wildman–Crippen LogP) is 1.07. The Kier molecular flexibility index (Phi) is 3.52. The van der Waals surface area contributed by atoms with Gasteiger partial charge in [-0.05, 0) is 18.6 Å². The lowest BCUT2D eigenvalue weighted by atomic mass is 10.1. The third-order valence-corrected chi connectivity index (χ3v) is 4.07. The summed E-state index contributed by atoms with van der Waals surface area (Å²) in [5.74, 6) is -1.93. The highest BCUT2D eigenvalue weighted by Crippen LogP contribution is 2.27. The van der Waals surface area contributed by atoms with E-state index in [-0.39, 0.29) is 24.8 Å². The van der Waals surface area contributed by atoms with Gasteiger partial charge in [-0.3, -0.25) is 29.0 Å². The van der Waals surface area contributed by atoms with Gasteiger partial charge >= 0.3 is 0 Å². The fraction of sp³-hybridized carbons (Fsp3) is 0.375. The number of hydrogen-bond acceptors (Lipinski definition) is 4. The maximum atomic E-state index is 12.3. The van der Waals surface area contributed by atoms with Crippen molar-refractivity contribution in [3.63, 3.8) is 0 Å². The summed E-state index contributed by atoms with van der Waals surface area (Å²) >= 11 is 0. The van der Waals surface area contributed by atoms with E-state index in [4.69, 9.17) is 0 Å². The smallest absolute Gasteiger partial charge is 0.261 e. The Balaban J connectivity index is 1.78. The van der Waals surface area contributed by atoms with Gasteiger partial charge in [0, 0.05) is 19.5 Å². The van der Waals surface area contributed by atoms with Crippen molar-refractivity contribution < 1.29 is 19.2 Å². The SMILES string of the molecule is CCCN1C(=O)CC(CN2C(=O)c3ccccc3C2=O)C1=O. The van der Waals surface area contributed by atoms with E-state index in [1.807, 2.05) is 6.92 Å². The molecule has 2 aliphatic rings. The number of rotatable bonds is 4. The predicted molar refractivity (Wildman–Crippen MR) is 76.9 cm³/mol. The molecule has 3 rings (SSSR count). The summed E-state index contributed by atoms with van der Waals surface area (Å²) in [6.45, 7) is 2.24. The van der Waals surface area contributed by atoms with Crippen molar-refractivity contribution >= 4 is 23.6 Å². The molecule has 1 atom stereocenters. The Morgan fingerprint density at radius 3 is 2.14 bits per heavy atom. The average molecular weight is 300 g/mol. The van der Waals surface area contributed by atoms with Crippen LogP contribution in [0, 0.1) is 5.92 Å². The van der Waals surface area contributed by atoms with Crippen LogP contribution in [0.5, 0.6) is 0 Å². The highest BCUT2D eigenvalue weighted by molar-refractivity contribution is 6.21. The Morgan fingerprint density at radius 2 is 1.59 bits per heavy atom. The van der Waals surface area contributed by atoms with E-state index < -0.39 is 17.7 Å². The van der Waals surface area contributed by atoms with E-state index >= 15 is 0 Å². The first-order chi connectivity index (χ1) is 10.5. The summed E-state index contributed by atoms with van der Waals surface area (Å²) in [4.78, 5) is 51.0. The standard InChI is InChI=1S/C16H16N2O4/c1-2-7-17-13(19)8-10(14(17)20)9-18-15(21)11-5-3-4-6-12(11)16(18)22/h3-6,10H,2,7-9H2,1H3. The van der Waals surface area contributed by atoms with Crippen LogP contribution in [-0.4, -0.2) is 46.5 Å². The van der Waals surface area contributed by atoms with Crippen LogP contribution in [0.25, 0.3) is 0 Å². The van der Waals surface area contributed by atoms with E-state index in [1.165, 1.54) is 4.90 Å². The molecular weight excluding hydrogens is 284 g/mol. The van der Waals surface area contributed by atoms with Gasteiger partial charge in [-0.25, -0.2) is 0 Å². The van der Waals surface area contributed by atoms with Crippen molar-refractivity contribution in [3.8, 4) is 0 Å². The molecule has 1 aromatic rings. The lowest BCUT2D eigenvalue weighted by Gasteiger charge is -2.18. The number of benzene rings is 1. The first-order valence-corrected chi connectivity index (χ1v) is 7.34. The Labute approximate surface area is 127 Å². The van der Waals surface area contributed by atoms with Crippen molar-refractivity contribution in [1.29, 1.82) is 0 Å². The third-order valence-electron chi connectivity index (χ3n) is 4.07. The number of carbonyl (C=O) groups is 4. The van der Waals surface area contributed by atoms with Crippen LogP contribution in [0.1, 0.15) is 40.5 Å². The zero-order valence-corrected chi connectivity index (χ0v) is 12.2. The van der Waals surface area contributed by atoms with Gasteiger partial charge in [0.1, 0.15) is 0 Å². The maximum Gasteiger partial charge on any atom is 0.261 e. The van der Waals surface area contributed by atoms with Gasteiger partial charge < -0.3 is 0 Å². The molecule has 1 fully saturated rings. The second-order valence-electron chi connectivity index (χ2n) is 5.55. The Bertz CT molecular complexity index is 647. The van der Waals surface area contributed by atoms with Crippen LogP contribution in [-0.2, 0) is 9.59 Å². The topological polar surface area (TPSA) is 74.8 Å². The summed E-state index contributed by atoms with van der Waals surface area (Å²) in [6.07, 6.45) is 0.753. The molecular formula is C16H16N2O4. The molecule has 0 bridgehead atoms. The molecule has 4 amide bonds. The van der Waals surface area contributed by atoms with Gasteiger partial charge in [-0.1, -0.05) is 19.1 Å². The number of carbonyl (C=O) groups excluding carboxylic acids is 4. The van der Waals surface area contributed by atoms with Crippen molar-refractivity contribution in [2.24, 2.45) is 5.92 Å². The number of hydrogen-bond donors (Lipinski definition) is 0. The number of likely N-dealkylation sites (tertiary alicyclic amines) is 1. The van der Waals surface area contributed by atoms with Gasteiger partial charge in [0.25, 0.3) is 11.8 Å². The molecule has 0 spiro atoms. The van der Waals surface area contributed by atoms with Gasteiger partial charge in [-0.2, -0.15) is 0 Å². The second kappa shape index (κ2) is 5.36. The molecule has 22 heavy (non-hydrogen) atoms. The van der Waals surface area contributed by atoms with Gasteiger partial charge in [0.05, 0.1) is 17.0 Å². The molecule has 0 aromatic heterocycles. The molecule has 0 N–H and O–H groups in total. The first-order valence-electron chi connectivity index (χ1n) is 7.34. The van der Waals surface area contributed by atoms with Crippen LogP contribution in [0.2, 0.25) is 0 Å². The lowest BCUT2D eigenvalue weighted by molar-refractivity contribution is -0.139. The quantitative estimate of drug-likeness (QED) is 0.779. The average Bonchev–Trinajstić information content (AvgIpc) is 2.91. The minimum atomic E-state index is -0.624. The van der Waals surface area contributed by atoms with Gasteiger partial charge in [0.15, 0.2) is 0 Å². The molecule has 1 saturated heterocycles. The van der Waals surface area contributed by atoms with E-state index in [0.717, 1.165) is 4.90 Å². The van der Waals surface area contributed by atoms with Crippen LogP contribution in [0.3, 0.4) is 0 Å². The van der Waals surface area contributed by atoms with Crippen molar-refractivity contribution in [1.82, 2.24) is 9.80 Å². The van der Waals surface area contributed by atoms with Crippen LogP contribution >= 0.6 is 0 Å². The largest absolute Gasteiger partial charge is 0.282 e. The molecule has 0 radical (unpaired) electrons. The number of fused-ring (bicyclic) bond motifs is 1. The number of imide groups is 2. The maximum absolute atomic E-state index is 12.3. The summed E-state index contributed by atoms with van der Waals surface area (Å²) in [5.41, 5.74) is 0.712. The molecule has 1 unspecified atom stereocenters. The Morgan fingerprint density at radius 1 is 1.00 bits per heavy atom. The fourth-order valence-corrected chi connectivity index (χ4v) is 2.98. The van der Waals surface area contributed by atoms with E-state index in [2.05, 4.69) is 0 Å². The molecule has 0 aliphatic carbocycles. The zero-order valence-electron chi connectivity index (χ0n) is 12.2. The summed E-state index contributed by atoms with van der Waals surface area (Å²) in [6, 6.07) is 6.59. The minimum Gasteiger partial charge on any atom is -0.282 e. The molecule has 6 heteroatoms. The third kappa shape index (κ3) is 2.11. The lowest BCUT2D eigenvalue weighted by Crippen LogP contribution is -2.38. The zero-order chi connectivity index (χ0) is 15.9. The highest BCUT2D eigenvalue weighted by atomic mass is 16.2. The van der Waals surface area contributed by atoms with Crippen LogP contribution in [0.4, 0.5) is 0 Å². The summed E-state index contributed by atoms with van der Waals surface area (Å²) in [7, 11) is 0. The van der Waals surface area contributed by atoms with Crippen LogP contribution < -0.4 is 0 Å². The van der Waals surface area contributed by atoms with Gasteiger partial charge in [0.2, 0.25) is 11.8 Å². The van der Waals surface area contributed by atoms with E-state index in [1.54, 1.807) is 24.3 Å². The van der Waals surface area contributed by atoms with Crippen molar-refractivity contribution in [2.45, 2.75) is 19.8 Å². The minimum absolute atomic E-state index is 0.0306.